The van der Waals surface area contributed by atoms with Gasteiger partial charge >= 0.3 is 0 Å². The van der Waals surface area contributed by atoms with Crippen molar-refractivity contribution in [3.8, 4) is 5.69 Å². The Morgan fingerprint density at radius 2 is 1.67 bits per heavy atom. The van der Waals surface area contributed by atoms with Crippen LogP contribution in [0.4, 0.5) is 0 Å². The molecule has 3 rings (SSSR count). The summed E-state index contributed by atoms with van der Waals surface area (Å²) in [6.07, 6.45) is 2.12. The number of carbonyl (C=O) groups excluding carboxylic acids is 2. The number of hydrogen-bond donors (Lipinski definition) is 2. The summed E-state index contributed by atoms with van der Waals surface area (Å²) >= 11 is 0. The van der Waals surface area contributed by atoms with Crippen molar-refractivity contribution < 1.29 is 14.0 Å². The number of aryl methyl sites for hydroxylation is 3. The summed E-state index contributed by atoms with van der Waals surface area (Å²) in [5.74, 6) is 0.287. The summed E-state index contributed by atoms with van der Waals surface area (Å²) in [4.78, 5) is 24.8. The van der Waals surface area contributed by atoms with Crippen molar-refractivity contribution in [1.29, 1.82) is 0 Å². The predicted molar refractivity (Wildman–Crippen MR) is 101 cm³/mol. The normalized spacial score (nSPS) is 10.7. The Labute approximate surface area is 157 Å². The Morgan fingerprint density at radius 3 is 2.22 bits per heavy atom. The summed E-state index contributed by atoms with van der Waals surface area (Å²) in [5, 5.41) is 4.34. The van der Waals surface area contributed by atoms with E-state index in [1.807, 2.05) is 38.1 Å². The number of furan rings is 1. The topological polar surface area (TPSA) is 89.2 Å². The molecular weight excluding hydrogens is 344 g/mol. The number of carbonyl (C=O) groups is 2. The number of nitrogens with one attached hydrogen (secondary N) is 2. The van der Waals surface area contributed by atoms with Crippen LogP contribution < -0.4 is 10.9 Å². The van der Waals surface area contributed by atoms with Crippen LogP contribution in [-0.2, 0) is 6.42 Å². The van der Waals surface area contributed by atoms with Crippen LogP contribution in [0.3, 0.4) is 0 Å². The molecule has 0 aliphatic heterocycles. The van der Waals surface area contributed by atoms with E-state index < -0.39 is 11.8 Å². The minimum atomic E-state index is -0.429. The van der Waals surface area contributed by atoms with Crippen molar-refractivity contribution in [3.63, 3.8) is 0 Å². The van der Waals surface area contributed by atoms with E-state index in [9.17, 15) is 9.59 Å². The monoisotopic (exact) mass is 366 g/mol. The summed E-state index contributed by atoms with van der Waals surface area (Å²) in [5.41, 5.74) is 8.47. The van der Waals surface area contributed by atoms with E-state index >= 15 is 0 Å². The Balaban J connectivity index is 1.76. The van der Waals surface area contributed by atoms with Gasteiger partial charge in [-0.1, -0.05) is 24.6 Å². The minimum Gasteiger partial charge on any atom is -0.466 e. The van der Waals surface area contributed by atoms with Crippen LogP contribution in [0.25, 0.3) is 5.69 Å². The first-order valence-electron chi connectivity index (χ1n) is 8.72. The van der Waals surface area contributed by atoms with Crippen LogP contribution in [0.2, 0.25) is 0 Å². The fourth-order valence-electron chi connectivity index (χ4n) is 2.92. The van der Waals surface area contributed by atoms with Gasteiger partial charge in [-0.15, -0.1) is 0 Å². The largest absolute Gasteiger partial charge is 0.466 e. The molecule has 2 N–H and O–H groups in total. The maximum absolute atomic E-state index is 12.5. The van der Waals surface area contributed by atoms with E-state index in [4.69, 9.17) is 4.42 Å². The van der Waals surface area contributed by atoms with Gasteiger partial charge in [-0.25, -0.2) is 4.68 Å². The second kappa shape index (κ2) is 7.49. The van der Waals surface area contributed by atoms with Gasteiger partial charge in [0.05, 0.1) is 28.7 Å². The second-order valence-electron chi connectivity index (χ2n) is 6.34. The van der Waals surface area contributed by atoms with Crippen molar-refractivity contribution in [3.05, 3.63) is 70.4 Å². The molecule has 0 bridgehead atoms. The van der Waals surface area contributed by atoms with Crippen molar-refractivity contribution in [1.82, 2.24) is 20.6 Å². The number of nitrogens with zero attached hydrogens (tertiary/aromatic N) is 2. The van der Waals surface area contributed by atoms with E-state index in [1.54, 1.807) is 24.6 Å². The Hall–Kier alpha value is -3.35. The molecule has 1 aromatic carbocycles. The SMILES string of the molecule is CCc1c(C(=O)NNC(=O)c2cc(C)oc2C)cnn1-c1ccc(C)cc1. The van der Waals surface area contributed by atoms with Crippen molar-refractivity contribution in [2.24, 2.45) is 0 Å². The molecule has 0 unspecified atom stereocenters. The number of aromatic nitrogens is 2. The highest BCUT2D eigenvalue weighted by atomic mass is 16.3. The highest BCUT2D eigenvalue weighted by molar-refractivity contribution is 6.00. The molecule has 0 aliphatic carbocycles. The molecule has 3 aromatic rings. The van der Waals surface area contributed by atoms with Crippen molar-refractivity contribution in [2.75, 3.05) is 0 Å². The molecule has 7 heteroatoms. The molecule has 2 aromatic heterocycles. The fraction of sp³-hybridized carbons (Fsp3) is 0.250. The van der Waals surface area contributed by atoms with Crippen LogP contribution in [0, 0.1) is 20.8 Å². The quantitative estimate of drug-likeness (QED) is 0.695. The molecule has 0 radical (unpaired) electrons. The first-order valence-corrected chi connectivity index (χ1v) is 8.72. The minimum absolute atomic E-state index is 0.388. The lowest BCUT2D eigenvalue weighted by atomic mass is 10.2. The van der Waals surface area contributed by atoms with E-state index in [0.29, 0.717) is 29.1 Å². The molecule has 2 amide bonds. The number of hydrazine groups is 1. The van der Waals surface area contributed by atoms with Crippen LogP contribution >= 0.6 is 0 Å². The zero-order chi connectivity index (χ0) is 19.6. The van der Waals surface area contributed by atoms with Gasteiger partial charge in [0.1, 0.15) is 11.5 Å². The van der Waals surface area contributed by atoms with Gasteiger partial charge in [0.25, 0.3) is 11.8 Å². The van der Waals surface area contributed by atoms with Crippen LogP contribution in [-0.4, -0.2) is 21.6 Å². The first-order chi connectivity index (χ1) is 12.9. The summed E-state index contributed by atoms with van der Waals surface area (Å²) in [6.45, 7) is 7.42. The zero-order valence-electron chi connectivity index (χ0n) is 15.8. The lowest BCUT2D eigenvalue weighted by molar-refractivity contribution is 0.0845. The van der Waals surface area contributed by atoms with Gasteiger partial charge in [0.15, 0.2) is 0 Å². The maximum Gasteiger partial charge on any atom is 0.273 e. The third-order valence-electron chi connectivity index (χ3n) is 4.30. The fourth-order valence-corrected chi connectivity index (χ4v) is 2.92. The summed E-state index contributed by atoms with van der Waals surface area (Å²) in [6, 6.07) is 9.52. The standard InChI is InChI=1S/C20H22N4O3/c1-5-18-17(11-21-24(18)15-8-6-12(2)7-9-15)20(26)23-22-19(25)16-10-13(3)27-14(16)4/h6-11H,5H2,1-4H3,(H,22,25)(H,23,26). The van der Waals surface area contributed by atoms with Gasteiger partial charge in [-0.05, 0) is 45.4 Å². The third-order valence-corrected chi connectivity index (χ3v) is 4.30. The second-order valence-corrected chi connectivity index (χ2v) is 6.34. The summed E-state index contributed by atoms with van der Waals surface area (Å²) < 4.78 is 7.07. The molecule has 0 spiro atoms. The van der Waals surface area contributed by atoms with Gasteiger partial charge < -0.3 is 4.42 Å². The molecule has 0 saturated heterocycles. The van der Waals surface area contributed by atoms with Gasteiger partial charge in [-0.2, -0.15) is 5.10 Å². The Bertz CT molecular complexity index is 983. The Kier molecular flexibility index (Phi) is 5.12. The number of hydrogen-bond acceptors (Lipinski definition) is 4. The molecule has 140 valence electrons. The third kappa shape index (κ3) is 3.76. The molecular formula is C20H22N4O3. The van der Waals surface area contributed by atoms with Gasteiger partial charge in [-0.3, -0.25) is 20.4 Å². The lowest BCUT2D eigenvalue weighted by Gasteiger charge is -2.09. The van der Waals surface area contributed by atoms with Crippen LogP contribution in [0.5, 0.6) is 0 Å². The number of amides is 2. The molecule has 0 aliphatic rings. The van der Waals surface area contributed by atoms with E-state index in [1.165, 1.54) is 6.20 Å². The first kappa shape index (κ1) is 18.4. The molecule has 2 heterocycles. The van der Waals surface area contributed by atoms with Gasteiger partial charge in [0, 0.05) is 0 Å². The molecule has 0 fully saturated rings. The highest BCUT2D eigenvalue weighted by Gasteiger charge is 2.19. The van der Waals surface area contributed by atoms with E-state index in [-0.39, 0.29) is 0 Å². The molecule has 7 nitrogen and oxygen atoms in total. The molecule has 0 saturated carbocycles. The average molecular weight is 366 g/mol. The Morgan fingerprint density at radius 1 is 1.04 bits per heavy atom. The number of benzene rings is 1. The van der Waals surface area contributed by atoms with Gasteiger partial charge in [0.2, 0.25) is 0 Å². The smallest absolute Gasteiger partial charge is 0.273 e. The van der Waals surface area contributed by atoms with E-state index in [0.717, 1.165) is 16.9 Å². The predicted octanol–water partition coefficient (Wildman–Crippen LogP) is 3.03. The van der Waals surface area contributed by atoms with Crippen LogP contribution in [0.15, 0.2) is 40.9 Å². The van der Waals surface area contributed by atoms with E-state index in [2.05, 4.69) is 16.0 Å². The molecule has 27 heavy (non-hydrogen) atoms. The maximum atomic E-state index is 12.5. The summed E-state index contributed by atoms with van der Waals surface area (Å²) in [7, 11) is 0. The zero-order valence-corrected chi connectivity index (χ0v) is 15.8. The van der Waals surface area contributed by atoms with Crippen molar-refractivity contribution >= 4 is 11.8 Å². The average Bonchev–Trinajstić information content (AvgIpc) is 3.22. The number of rotatable bonds is 4. The molecule has 0 atom stereocenters. The lowest BCUT2D eigenvalue weighted by Crippen LogP contribution is -2.42. The highest BCUT2D eigenvalue weighted by Crippen LogP contribution is 2.17. The van der Waals surface area contributed by atoms with Crippen LogP contribution in [0.1, 0.15) is 50.4 Å². The van der Waals surface area contributed by atoms with Crippen molar-refractivity contribution in [2.45, 2.75) is 34.1 Å².